The molecule has 1 heterocycles. The normalized spacial score (nSPS) is 22.0. The van der Waals surface area contributed by atoms with Gasteiger partial charge in [0.05, 0.1) is 18.1 Å². The number of ether oxygens (including phenoxy) is 2. The molecule has 2 rings (SSSR count). The van der Waals surface area contributed by atoms with E-state index in [1.807, 2.05) is 32.0 Å². The van der Waals surface area contributed by atoms with E-state index in [1.165, 1.54) is 0 Å². The van der Waals surface area contributed by atoms with Gasteiger partial charge in [0, 0.05) is 6.04 Å². The molecule has 0 amide bonds. The van der Waals surface area contributed by atoms with Gasteiger partial charge in [-0.05, 0) is 44.4 Å². The Morgan fingerprint density at radius 2 is 2.14 bits per heavy atom. The van der Waals surface area contributed by atoms with Gasteiger partial charge >= 0.3 is 0 Å². The Bertz CT molecular complexity index is 583. The van der Waals surface area contributed by atoms with E-state index in [1.54, 1.807) is 0 Å². The summed E-state index contributed by atoms with van der Waals surface area (Å²) in [5, 5.41) is 0. The lowest BCUT2D eigenvalue weighted by atomic mass is 10.1. The third-order valence-electron chi connectivity index (χ3n) is 3.35. The zero-order valence-electron chi connectivity index (χ0n) is 12.5. The number of rotatable bonds is 6. The van der Waals surface area contributed by atoms with E-state index < -0.39 is 9.84 Å². The summed E-state index contributed by atoms with van der Waals surface area (Å²) in [4.78, 5) is 0. The zero-order valence-corrected chi connectivity index (χ0v) is 13.4. The molecule has 5 nitrogen and oxygen atoms in total. The molecule has 6 heteroatoms. The van der Waals surface area contributed by atoms with Crippen molar-refractivity contribution in [1.29, 1.82) is 0 Å². The molecule has 2 atom stereocenters. The summed E-state index contributed by atoms with van der Waals surface area (Å²) in [6.45, 7) is 4.39. The van der Waals surface area contributed by atoms with Gasteiger partial charge in [0.15, 0.2) is 21.3 Å². The minimum atomic E-state index is -2.95. The van der Waals surface area contributed by atoms with E-state index in [4.69, 9.17) is 15.2 Å². The van der Waals surface area contributed by atoms with Gasteiger partial charge in [-0.15, -0.1) is 0 Å². The van der Waals surface area contributed by atoms with Crippen LogP contribution in [-0.4, -0.2) is 38.7 Å². The fourth-order valence-electron chi connectivity index (χ4n) is 2.45. The Morgan fingerprint density at radius 1 is 1.38 bits per heavy atom. The average molecular weight is 313 g/mol. The number of hydrogen-bond acceptors (Lipinski definition) is 5. The third-order valence-corrected chi connectivity index (χ3v) is 5.09. The molecule has 0 spiro atoms. The molecule has 1 aromatic rings. The topological polar surface area (TPSA) is 78.6 Å². The summed E-state index contributed by atoms with van der Waals surface area (Å²) in [5.41, 5.74) is 6.89. The molecule has 1 aliphatic rings. The van der Waals surface area contributed by atoms with Gasteiger partial charge in [0.1, 0.15) is 6.10 Å². The van der Waals surface area contributed by atoms with Crippen LogP contribution in [0.3, 0.4) is 0 Å². The average Bonchev–Trinajstić information content (AvgIpc) is 2.71. The molecule has 118 valence electrons. The van der Waals surface area contributed by atoms with Crippen molar-refractivity contribution in [3.63, 3.8) is 0 Å². The van der Waals surface area contributed by atoms with Crippen LogP contribution in [0.1, 0.15) is 25.8 Å². The van der Waals surface area contributed by atoms with Crippen LogP contribution < -0.4 is 15.2 Å². The van der Waals surface area contributed by atoms with Crippen molar-refractivity contribution in [3.8, 4) is 11.5 Å². The summed E-state index contributed by atoms with van der Waals surface area (Å²) in [6, 6.07) is 5.79. The summed E-state index contributed by atoms with van der Waals surface area (Å²) < 4.78 is 34.4. The zero-order chi connectivity index (χ0) is 15.5. The molecule has 0 saturated carbocycles. The second-order valence-corrected chi connectivity index (χ2v) is 7.77. The first-order valence-electron chi connectivity index (χ1n) is 7.28. The van der Waals surface area contributed by atoms with Gasteiger partial charge in [0.25, 0.3) is 0 Å². The maximum atomic E-state index is 11.5. The van der Waals surface area contributed by atoms with Crippen molar-refractivity contribution in [2.45, 2.75) is 38.8 Å². The number of nitrogens with two attached hydrogens (primary N) is 1. The van der Waals surface area contributed by atoms with Gasteiger partial charge in [0.2, 0.25) is 0 Å². The first-order valence-corrected chi connectivity index (χ1v) is 9.10. The summed E-state index contributed by atoms with van der Waals surface area (Å²) in [7, 11) is -2.95. The Balaban J connectivity index is 2.14. The summed E-state index contributed by atoms with van der Waals surface area (Å²) in [6.07, 6.45) is 1.02. The van der Waals surface area contributed by atoms with E-state index >= 15 is 0 Å². The molecule has 1 aromatic carbocycles. The van der Waals surface area contributed by atoms with Crippen molar-refractivity contribution >= 4 is 9.84 Å². The van der Waals surface area contributed by atoms with E-state index in [2.05, 4.69) is 0 Å². The van der Waals surface area contributed by atoms with Crippen molar-refractivity contribution in [2.75, 3.05) is 18.1 Å². The number of hydrogen-bond donors (Lipinski definition) is 1. The molecule has 2 N–H and O–H groups in total. The highest BCUT2D eigenvalue weighted by Crippen LogP contribution is 2.31. The maximum absolute atomic E-state index is 11.5. The van der Waals surface area contributed by atoms with Crippen LogP contribution in [0.25, 0.3) is 0 Å². The quantitative estimate of drug-likeness (QED) is 0.862. The molecular formula is C15H23NO4S. The van der Waals surface area contributed by atoms with Crippen LogP contribution >= 0.6 is 0 Å². The molecule has 0 aliphatic carbocycles. The molecule has 0 bridgehead atoms. The highest BCUT2D eigenvalue weighted by molar-refractivity contribution is 7.91. The van der Waals surface area contributed by atoms with E-state index in [9.17, 15) is 8.42 Å². The van der Waals surface area contributed by atoms with Gasteiger partial charge in [-0.25, -0.2) is 8.42 Å². The standard InChI is InChI=1S/C15H23NO4S/c1-3-19-15-9-12(8-11(2)16)4-5-14(15)20-13-6-7-21(17,18)10-13/h4-5,9,11,13H,3,6-8,10,16H2,1-2H3. The molecule has 1 fully saturated rings. The van der Waals surface area contributed by atoms with Crippen LogP contribution in [0.5, 0.6) is 11.5 Å². The Kier molecular flexibility index (Phi) is 5.11. The van der Waals surface area contributed by atoms with Crippen molar-refractivity contribution in [3.05, 3.63) is 23.8 Å². The van der Waals surface area contributed by atoms with E-state index in [0.717, 1.165) is 12.0 Å². The molecule has 1 aliphatic heterocycles. The largest absolute Gasteiger partial charge is 0.490 e. The van der Waals surface area contributed by atoms with E-state index in [0.29, 0.717) is 24.5 Å². The first-order chi connectivity index (χ1) is 9.89. The molecule has 21 heavy (non-hydrogen) atoms. The lowest BCUT2D eigenvalue weighted by Crippen LogP contribution is -2.19. The second-order valence-electron chi connectivity index (χ2n) is 5.54. The van der Waals surface area contributed by atoms with Crippen LogP contribution in [0.2, 0.25) is 0 Å². The molecule has 1 saturated heterocycles. The van der Waals surface area contributed by atoms with Gasteiger partial charge < -0.3 is 15.2 Å². The van der Waals surface area contributed by atoms with Crippen LogP contribution in [-0.2, 0) is 16.3 Å². The minimum Gasteiger partial charge on any atom is -0.490 e. The molecule has 2 unspecified atom stereocenters. The van der Waals surface area contributed by atoms with E-state index in [-0.39, 0.29) is 23.7 Å². The highest BCUT2D eigenvalue weighted by Gasteiger charge is 2.30. The Morgan fingerprint density at radius 3 is 2.71 bits per heavy atom. The maximum Gasteiger partial charge on any atom is 0.161 e. The monoisotopic (exact) mass is 313 g/mol. The number of sulfone groups is 1. The minimum absolute atomic E-state index is 0.0752. The van der Waals surface area contributed by atoms with Crippen molar-refractivity contribution < 1.29 is 17.9 Å². The van der Waals surface area contributed by atoms with Gasteiger partial charge in [-0.1, -0.05) is 6.07 Å². The predicted octanol–water partition coefficient (Wildman–Crippen LogP) is 1.54. The Labute approximate surface area is 126 Å². The van der Waals surface area contributed by atoms with Gasteiger partial charge in [-0.2, -0.15) is 0 Å². The highest BCUT2D eigenvalue weighted by atomic mass is 32.2. The molecule has 0 radical (unpaired) electrons. The predicted molar refractivity (Wildman–Crippen MR) is 82.7 cm³/mol. The molecule has 0 aromatic heterocycles. The molecular weight excluding hydrogens is 290 g/mol. The third kappa shape index (κ3) is 4.61. The SMILES string of the molecule is CCOc1cc(CC(C)N)ccc1OC1CCS(=O)(=O)C1. The number of benzene rings is 1. The lowest BCUT2D eigenvalue weighted by Gasteiger charge is -2.17. The van der Waals surface area contributed by atoms with Gasteiger partial charge in [-0.3, -0.25) is 0 Å². The summed E-state index contributed by atoms with van der Waals surface area (Å²) in [5.74, 6) is 1.54. The Hall–Kier alpha value is -1.27. The van der Waals surface area contributed by atoms with Crippen LogP contribution in [0, 0.1) is 0 Å². The van der Waals surface area contributed by atoms with Crippen molar-refractivity contribution in [2.24, 2.45) is 5.73 Å². The van der Waals surface area contributed by atoms with Crippen molar-refractivity contribution in [1.82, 2.24) is 0 Å². The first kappa shape index (κ1) is 16.1. The lowest BCUT2D eigenvalue weighted by molar-refractivity contribution is 0.213. The van der Waals surface area contributed by atoms with Crippen LogP contribution in [0.15, 0.2) is 18.2 Å². The smallest absolute Gasteiger partial charge is 0.161 e. The summed E-state index contributed by atoms with van der Waals surface area (Å²) >= 11 is 0. The second kappa shape index (κ2) is 6.66. The van der Waals surface area contributed by atoms with Crippen LogP contribution in [0.4, 0.5) is 0 Å². The fraction of sp³-hybridized carbons (Fsp3) is 0.600. The fourth-order valence-corrected chi connectivity index (χ4v) is 4.04.